The van der Waals surface area contributed by atoms with E-state index in [2.05, 4.69) is 69.4 Å². The third-order valence-electron chi connectivity index (χ3n) is 10.6. The summed E-state index contributed by atoms with van der Waals surface area (Å²) in [5.74, 6) is -1.05. The molecule has 0 bridgehead atoms. The fourth-order valence-electron chi connectivity index (χ4n) is 6.85. The molecule has 0 aromatic rings. The predicted octanol–water partition coefficient (Wildman–Crippen LogP) is 16.1. The SMILES string of the molecule is CC/C=C\C/C=C\C/C=C\CC(=O)OCC(COC(=O)CCCCCCC/C=C\C=C/CCCCCCCCC)OC(=O)CCCCCCCCCCCCCCCC. The highest BCUT2D eigenvalue weighted by molar-refractivity contribution is 5.72. The zero-order chi connectivity index (χ0) is 43.0. The molecule has 0 aliphatic heterocycles. The lowest BCUT2D eigenvalue weighted by molar-refractivity contribution is -0.166. The molecule has 340 valence electrons. The Morgan fingerprint density at radius 1 is 0.390 bits per heavy atom. The number of unbranched alkanes of at least 4 members (excludes halogenated alkanes) is 25. The van der Waals surface area contributed by atoms with Crippen molar-refractivity contribution in [3.05, 3.63) is 60.8 Å². The van der Waals surface area contributed by atoms with Gasteiger partial charge in [-0.05, 0) is 57.8 Å². The summed E-state index contributed by atoms with van der Waals surface area (Å²) in [6.07, 6.45) is 58.1. The zero-order valence-electron chi connectivity index (χ0n) is 38.8. The summed E-state index contributed by atoms with van der Waals surface area (Å²) in [5.41, 5.74) is 0. The third-order valence-corrected chi connectivity index (χ3v) is 10.6. The van der Waals surface area contributed by atoms with Gasteiger partial charge in [0.15, 0.2) is 6.10 Å². The van der Waals surface area contributed by atoms with Gasteiger partial charge in [-0.15, -0.1) is 0 Å². The molecule has 0 saturated heterocycles. The first-order valence-electron chi connectivity index (χ1n) is 24.8. The maximum Gasteiger partial charge on any atom is 0.309 e. The van der Waals surface area contributed by atoms with E-state index < -0.39 is 12.1 Å². The average molecular weight is 825 g/mol. The van der Waals surface area contributed by atoms with E-state index in [4.69, 9.17) is 14.2 Å². The third kappa shape index (κ3) is 46.0. The van der Waals surface area contributed by atoms with E-state index in [9.17, 15) is 14.4 Å². The van der Waals surface area contributed by atoms with Crippen LogP contribution in [0.25, 0.3) is 0 Å². The number of esters is 3. The summed E-state index contributed by atoms with van der Waals surface area (Å²) in [7, 11) is 0. The van der Waals surface area contributed by atoms with Crippen LogP contribution in [0.1, 0.15) is 239 Å². The molecule has 0 radical (unpaired) electrons. The molecule has 6 heteroatoms. The Labute approximate surface area is 364 Å². The molecule has 0 aromatic carbocycles. The highest BCUT2D eigenvalue weighted by Crippen LogP contribution is 2.15. The number of ether oxygens (including phenoxy) is 3. The molecule has 1 unspecified atom stereocenters. The van der Waals surface area contributed by atoms with Gasteiger partial charge in [0.05, 0.1) is 6.42 Å². The summed E-state index contributed by atoms with van der Waals surface area (Å²) in [5, 5.41) is 0. The summed E-state index contributed by atoms with van der Waals surface area (Å²) < 4.78 is 16.6. The van der Waals surface area contributed by atoms with Gasteiger partial charge in [-0.2, -0.15) is 0 Å². The Hall–Kier alpha value is -2.89. The van der Waals surface area contributed by atoms with Crippen LogP contribution < -0.4 is 0 Å². The largest absolute Gasteiger partial charge is 0.462 e. The molecule has 0 spiro atoms. The minimum absolute atomic E-state index is 0.108. The van der Waals surface area contributed by atoms with Gasteiger partial charge in [0.2, 0.25) is 0 Å². The fraction of sp³-hybridized carbons (Fsp3) is 0.755. The van der Waals surface area contributed by atoms with Crippen molar-refractivity contribution in [3.8, 4) is 0 Å². The molecule has 1 atom stereocenters. The van der Waals surface area contributed by atoms with Crippen molar-refractivity contribution in [1.82, 2.24) is 0 Å². The van der Waals surface area contributed by atoms with Crippen molar-refractivity contribution >= 4 is 17.9 Å². The molecule has 0 heterocycles. The van der Waals surface area contributed by atoms with Gasteiger partial charge < -0.3 is 14.2 Å². The van der Waals surface area contributed by atoms with E-state index in [0.29, 0.717) is 12.8 Å². The van der Waals surface area contributed by atoms with Crippen LogP contribution in [-0.2, 0) is 28.6 Å². The normalized spacial score (nSPS) is 12.5. The Bertz CT molecular complexity index is 1090. The highest BCUT2D eigenvalue weighted by Gasteiger charge is 2.19. The van der Waals surface area contributed by atoms with Crippen LogP contribution in [0.15, 0.2) is 60.8 Å². The van der Waals surface area contributed by atoms with Crippen LogP contribution in [0.3, 0.4) is 0 Å². The van der Waals surface area contributed by atoms with Crippen LogP contribution in [0.5, 0.6) is 0 Å². The lowest BCUT2D eigenvalue weighted by Gasteiger charge is -2.18. The number of carbonyl (C=O) groups is 3. The van der Waals surface area contributed by atoms with E-state index >= 15 is 0 Å². The van der Waals surface area contributed by atoms with Gasteiger partial charge in [-0.3, -0.25) is 14.4 Å². The van der Waals surface area contributed by atoms with Crippen molar-refractivity contribution in [2.45, 2.75) is 245 Å². The first kappa shape index (κ1) is 56.1. The maximum atomic E-state index is 12.7. The summed E-state index contributed by atoms with van der Waals surface area (Å²) in [6, 6.07) is 0. The van der Waals surface area contributed by atoms with E-state index in [0.717, 1.165) is 77.0 Å². The molecule has 0 aromatic heterocycles. The summed E-state index contributed by atoms with van der Waals surface area (Å²) >= 11 is 0. The molecular formula is C53H92O6. The van der Waals surface area contributed by atoms with Crippen LogP contribution in [0, 0.1) is 0 Å². The standard InChI is InChI=1S/C53H92O6/c1-4-7-10-13-16-19-21-23-25-26-27-28-30-31-34-37-40-43-46-52(55)58-49-50(48-57-51(54)45-42-39-36-33-18-15-12-9-6-3)59-53(56)47-44-41-38-35-32-29-24-22-20-17-14-11-8-5-2/h9,12,18,25-28,33,39,42,50H,4-8,10-11,13-17,19-24,29-32,34-38,40-41,43-49H2,1-3H3/b12-9-,26-25-,28-27-,33-18-,42-39-. The number of carbonyl (C=O) groups excluding carboxylic acids is 3. The molecule has 0 saturated carbocycles. The smallest absolute Gasteiger partial charge is 0.309 e. The van der Waals surface area contributed by atoms with Gasteiger partial charge >= 0.3 is 17.9 Å². The Balaban J connectivity index is 4.38. The lowest BCUT2D eigenvalue weighted by Crippen LogP contribution is -2.30. The van der Waals surface area contributed by atoms with Crippen LogP contribution in [-0.4, -0.2) is 37.2 Å². The van der Waals surface area contributed by atoms with E-state index in [1.54, 1.807) is 6.08 Å². The van der Waals surface area contributed by atoms with Gasteiger partial charge in [0.1, 0.15) is 13.2 Å². The molecule has 0 rings (SSSR count). The molecule has 0 amide bonds. The predicted molar refractivity (Wildman–Crippen MR) is 251 cm³/mol. The summed E-state index contributed by atoms with van der Waals surface area (Å²) in [4.78, 5) is 37.7. The van der Waals surface area contributed by atoms with Crippen molar-refractivity contribution in [1.29, 1.82) is 0 Å². The highest BCUT2D eigenvalue weighted by atomic mass is 16.6. The van der Waals surface area contributed by atoms with Crippen LogP contribution >= 0.6 is 0 Å². The van der Waals surface area contributed by atoms with Crippen LogP contribution in [0.4, 0.5) is 0 Å². The van der Waals surface area contributed by atoms with Crippen molar-refractivity contribution < 1.29 is 28.6 Å². The first-order valence-corrected chi connectivity index (χ1v) is 24.8. The Morgan fingerprint density at radius 3 is 1.22 bits per heavy atom. The van der Waals surface area contributed by atoms with Gasteiger partial charge in [0, 0.05) is 12.8 Å². The van der Waals surface area contributed by atoms with E-state index in [1.807, 2.05) is 6.08 Å². The molecule has 0 aliphatic rings. The van der Waals surface area contributed by atoms with Crippen molar-refractivity contribution in [3.63, 3.8) is 0 Å². The van der Waals surface area contributed by atoms with Gasteiger partial charge in [-0.25, -0.2) is 0 Å². The molecule has 0 aliphatic carbocycles. The second-order valence-electron chi connectivity index (χ2n) is 16.4. The topological polar surface area (TPSA) is 78.9 Å². The molecular weight excluding hydrogens is 733 g/mol. The second kappa shape index (κ2) is 47.8. The van der Waals surface area contributed by atoms with Gasteiger partial charge in [-0.1, -0.05) is 223 Å². The van der Waals surface area contributed by atoms with E-state index in [-0.39, 0.29) is 31.6 Å². The van der Waals surface area contributed by atoms with Crippen molar-refractivity contribution in [2.75, 3.05) is 13.2 Å². The zero-order valence-corrected chi connectivity index (χ0v) is 38.8. The van der Waals surface area contributed by atoms with Crippen LogP contribution in [0.2, 0.25) is 0 Å². The number of hydrogen-bond acceptors (Lipinski definition) is 6. The first-order chi connectivity index (χ1) is 29.0. The van der Waals surface area contributed by atoms with Crippen molar-refractivity contribution in [2.24, 2.45) is 0 Å². The van der Waals surface area contributed by atoms with Gasteiger partial charge in [0.25, 0.3) is 0 Å². The minimum atomic E-state index is -0.812. The van der Waals surface area contributed by atoms with E-state index in [1.165, 1.54) is 122 Å². The quantitative estimate of drug-likeness (QED) is 0.0200. The number of hydrogen-bond donors (Lipinski definition) is 0. The minimum Gasteiger partial charge on any atom is -0.462 e. The Kier molecular flexibility index (Phi) is 45.4. The molecule has 59 heavy (non-hydrogen) atoms. The summed E-state index contributed by atoms with van der Waals surface area (Å²) in [6.45, 7) is 6.41. The monoisotopic (exact) mass is 825 g/mol. The molecule has 6 nitrogen and oxygen atoms in total. The maximum absolute atomic E-state index is 12.7. The number of allylic oxidation sites excluding steroid dienone is 9. The Morgan fingerprint density at radius 2 is 0.763 bits per heavy atom. The second-order valence-corrected chi connectivity index (χ2v) is 16.4. The lowest BCUT2D eigenvalue weighted by atomic mass is 10.0. The fourth-order valence-corrected chi connectivity index (χ4v) is 6.85. The molecule has 0 N–H and O–H groups in total. The average Bonchev–Trinajstić information content (AvgIpc) is 3.23. The molecule has 0 fully saturated rings. The number of rotatable bonds is 44.